The summed E-state index contributed by atoms with van der Waals surface area (Å²) in [5, 5.41) is 0.718. The number of nitrogens with zero attached hydrogens (tertiary/aromatic N) is 2. The lowest BCUT2D eigenvalue weighted by Crippen LogP contribution is -2.30. The standard InChI is InChI=1S/C13H10ClN2.CH4O4S/c1-16-12-5-3-2-4-10(12)15-11-8-9(14)6-7-13(11)16;1-5-6(2,3)4/h2-8H,1H3;1H3,(H,2,3,4)/q+1;. The van der Waals surface area contributed by atoms with E-state index in [1.54, 1.807) is 0 Å². The van der Waals surface area contributed by atoms with E-state index in [1.807, 2.05) is 43.4 Å². The number of rotatable bonds is 1. The van der Waals surface area contributed by atoms with Crippen LogP contribution < -0.4 is 4.57 Å². The average molecular weight is 342 g/mol. The lowest BCUT2D eigenvalue weighted by molar-refractivity contribution is -0.617. The van der Waals surface area contributed by atoms with Crippen LogP contribution in [0.5, 0.6) is 0 Å². The third kappa shape index (κ3) is 3.89. The molecular formula is C14H14ClN2O4S+. The molecule has 8 heteroatoms. The number of aromatic nitrogens is 2. The third-order valence-electron chi connectivity index (χ3n) is 2.99. The Morgan fingerprint density at radius 3 is 2.36 bits per heavy atom. The Labute approximate surface area is 132 Å². The Balaban J connectivity index is 0.000000254. The summed E-state index contributed by atoms with van der Waals surface area (Å²) in [5.41, 5.74) is 4.12. The second-order valence-electron chi connectivity index (χ2n) is 4.39. The smallest absolute Gasteiger partial charge is 0.264 e. The van der Waals surface area contributed by atoms with Gasteiger partial charge in [0, 0.05) is 17.2 Å². The van der Waals surface area contributed by atoms with E-state index < -0.39 is 10.4 Å². The van der Waals surface area contributed by atoms with E-state index >= 15 is 0 Å². The van der Waals surface area contributed by atoms with E-state index in [4.69, 9.17) is 16.2 Å². The molecule has 0 amide bonds. The van der Waals surface area contributed by atoms with Crippen molar-refractivity contribution in [2.24, 2.45) is 7.05 Å². The molecule has 0 saturated heterocycles. The number of hydrogen-bond donors (Lipinski definition) is 1. The molecule has 3 aromatic rings. The predicted octanol–water partition coefficient (Wildman–Crippen LogP) is 2.30. The molecule has 0 bridgehead atoms. The molecule has 1 heterocycles. The zero-order valence-corrected chi connectivity index (χ0v) is 13.5. The molecule has 0 aliphatic carbocycles. The zero-order valence-electron chi connectivity index (χ0n) is 11.9. The van der Waals surface area contributed by atoms with Gasteiger partial charge >= 0.3 is 10.4 Å². The molecule has 2 aromatic carbocycles. The summed E-state index contributed by atoms with van der Waals surface area (Å²) < 4.78 is 31.8. The minimum Gasteiger partial charge on any atom is -0.264 e. The number of halogens is 1. The fourth-order valence-corrected chi connectivity index (χ4v) is 2.14. The Hall–Kier alpha value is -1.80. The van der Waals surface area contributed by atoms with Gasteiger partial charge in [-0.15, -0.1) is 0 Å². The first-order valence-electron chi connectivity index (χ1n) is 6.19. The van der Waals surface area contributed by atoms with Crippen LogP contribution >= 0.6 is 11.6 Å². The van der Waals surface area contributed by atoms with Gasteiger partial charge in [0.25, 0.3) is 0 Å². The van der Waals surface area contributed by atoms with Crippen molar-refractivity contribution in [3.63, 3.8) is 0 Å². The van der Waals surface area contributed by atoms with Gasteiger partial charge in [-0.2, -0.15) is 13.0 Å². The second-order valence-corrected chi connectivity index (χ2v) is 6.01. The van der Waals surface area contributed by atoms with E-state index in [9.17, 15) is 8.42 Å². The van der Waals surface area contributed by atoms with Gasteiger partial charge in [-0.05, 0) is 18.2 Å². The van der Waals surface area contributed by atoms with Crippen LogP contribution in [0.3, 0.4) is 0 Å². The van der Waals surface area contributed by atoms with Crippen LogP contribution in [0.4, 0.5) is 0 Å². The Morgan fingerprint density at radius 1 is 1.14 bits per heavy atom. The number of fused-ring (bicyclic) bond motifs is 2. The maximum absolute atomic E-state index is 9.33. The third-order valence-corrected chi connectivity index (χ3v) is 3.65. The van der Waals surface area contributed by atoms with Gasteiger partial charge in [-0.25, -0.2) is 4.98 Å². The molecule has 3 rings (SSSR count). The van der Waals surface area contributed by atoms with Crippen LogP contribution in [0.25, 0.3) is 22.1 Å². The summed E-state index contributed by atoms with van der Waals surface area (Å²) in [7, 11) is -1.25. The van der Waals surface area contributed by atoms with Crippen molar-refractivity contribution in [2.75, 3.05) is 7.11 Å². The summed E-state index contributed by atoms with van der Waals surface area (Å²) in [6.07, 6.45) is 0. The molecule has 22 heavy (non-hydrogen) atoms. The lowest BCUT2D eigenvalue weighted by atomic mass is 10.2. The zero-order chi connectivity index (χ0) is 16.3. The molecule has 116 valence electrons. The van der Waals surface area contributed by atoms with Crippen molar-refractivity contribution < 1.29 is 21.7 Å². The van der Waals surface area contributed by atoms with Crippen molar-refractivity contribution in [3.8, 4) is 0 Å². The highest BCUT2D eigenvalue weighted by Gasteiger charge is 2.11. The number of aryl methyl sites for hydroxylation is 1. The van der Waals surface area contributed by atoms with Crippen LogP contribution in [-0.4, -0.2) is 25.1 Å². The molecule has 0 fully saturated rings. The van der Waals surface area contributed by atoms with Crippen molar-refractivity contribution in [2.45, 2.75) is 0 Å². The monoisotopic (exact) mass is 341 g/mol. The van der Waals surface area contributed by atoms with E-state index in [0.717, 1.165) is 34.2 Å². The quantitative estimate of drug-likeness (QED) is 0.417. The van der Waals surface area contributed by atoms with Gasteiger partial charge in [0.1, 0.15) is 18.1 Å². The van der Waals surface area contributed by atoms with E-state index in [1.165, 1.54) is 0 Å². The van der Waals surface area contributed by atoms with Crippen molar-refractivity contribution in [1.82, 2.24) is 4.98 Å². The molecule has 1 aromatic heterocycles. The van der Waals surface area contributed by atoms with Crippen LogP contribution in [0.1, 0.15) is 0 Å². The van der Waals surface area contributed by atoms with E-state index in [2.05, 4.69) is 19.8 Å². The van der Waals surface area contributed by atoms with Crippen LogP contribution in [0.2, 0.25) is 5.02 Å². The maximum atomic E-state index is 9.33. The van der Waals surface area contributed by atoms with Crippen LogP contribution in [0.15, 0.2) is 42.5 Å². The Morgan fingerprint density at radius 2 is 1.73 bits per heavy atom. The summed E-state index contributed by atoms with van der Waals surface area (Å²) in [5.74, 6) is 0. The topological polar surface area (TPSA) is 80.4 Å². The minimum atomic E-state index is -4.16. The van der Waals surface area contributed by atoms with Gasteiger partial charge in [0.05, 0.1) is 7.11 Å². The fraction of sp³-hybridized carbons (Fsp3) is 0.143. The minimum absolute atomic E-state index is 0.718. The van der Waals surface area contributed by atoms with Crippen molar-refractivity contribution in [3.05, 3.63) is 47.5 Å². The first-order valence-corrected chi connectivity index (χ1v) is 7.93. The normalized spacial score (nSPS) is 11.3. The molecule has 0 aliphatic rings. The van der Waals surface area contributed by atoms with E-state index in [-0.39, 0.29) is 0 Å². The highest BCUT2D eigenvalue weighted by molar-refractivity contribution is 7.80. The first-order chi connectivity index (χ1) is 10.3. The number of hydrogen-bond acceptors (Lipinski definition) is 4. The van der Waals surface area contributed by atoms with E-state index in [0.29, 0.717) is 0 Å². The molecule has 0 spiro atoms. The predicted molar refractivity (Wildman–Crippen MR) is 84.0 cm³/mol. The first kappa shape index (κ1) is 16.6. The van der Waals surface area contributed by atoms with Crippen LogP contribution in [0, 0.1) is 0 Å². The SMILES string of the molecule is COS(=O)(=O)O.C[n+]1c2ccccc2nc2cc(Cl)ccc21. The Kier molecular flexibility index (Phi) is 4.92. The molecule has 0 radical (unpaired) electrons. The summed E-state index contributed by atoms with van der Waals surface area (Å²) in [6.45, 7) is 0. The van der Waals surface area contributed by atoms with Gasteiger partial charge in [-0.1, -0.05) is 23.7 Å². The van der Waals surface area contributed by atoms with Gasteiger partial charge < -0.3 is 0 Å². The molecule has 0 unspecified atom stereocenters. The van der Waals surface area contributed by atoms with Crippen LogP contribution in [-0.2, 0) is 21.6 Å². The van der Waals surface area contributed by atoms with Crippen molar-refractivity contribution in [1.29, 1.82) is 0 Å². The molecule has 0 saturated carbocycles. The molecule has 6 nitrogen and oxygen atoms in total. The second kappa shape index (κ2) is 6.53. The summed E-state index contributed by atoms with van der Waals surface area (Å²) in [4.78, 5) is 4.59. The highest BCUT2D eigenvalue weighted by Crippen LogP contribution is 2.17. The maximum Gasteiger partial charge on any atom is 0.397 e. The molecule has 0 aliphatic heterocycles. The highest BCUT2D eigenvalue weighted by atomic mass is 35.5. The van der Waals surface area contributed by atoms with Gasteiger partial charge in [0.2, 0.25) is 11.0 Å². The fourth-order valence-electron chi connectivity index (χ4n) is 1.97. The number of benzene rings is 2. The van der Waals surface area contributed by atoms with Gasteiger partial charge in [-0.3, -0.25) is 8.74 Å². The molecular weight excluding hydrogens is 328 g/mol. The Bertz CT molecular complexity index is 929. The van der Waals surface area contributed by atoms with Gasteiger partial charge in [0.15, 0.2) is 0 Å². The summed E-state index contributed by atoms with van der Waals surface area (Å²) in [6, 6.07) is 13.9. The van der Waals surface area contributed by atoms with Crippen molar-refractivity contribution >= 4 is 44.1 Å². The molecule has 0 atom stereocenters. The average Bonchev–Trinajstić information content (AvgIpc) is 2.47. The lowest BCUT2D eigenvalue weighted by Gasteiger charge is -2.00. The molecule has 1 N–H and O–H groups in total. The largest absolute Gasteiger partial charge is 0.397 e. The summed E-state index contributed by atoms with van der Waals surface area (Å²) >= 11 is 5.97. The number of para-hydroxylation sites is 2.